The summed E-state index contributed by atoms with van der Waals surface area (Å²) < 4.78 is 21.8. The molecule has 1 aliphatic carbocycles. The zero-order valence-corrected chi connectivity index (χ0v) is 18.3. The molecule has 1 unspecified atom stereocenters. The molecular weight excluding hydrogens is 422 g/mol. The van der Waals surface area contributed by atoms with Gasteiger partial charge in [-0.05, 0) is 49.4 Å². The molecule has 30 heavy (non-hydrogen) atoms. The fourth-order valence-corrected chi connectivity index (χ4v) is 4.61. The van der Waals surface area contributed by atoms with Crippen molar-refractivity contribution in [3.63, 3.8) is 0 Å². The van der Waals surface area contributed by atoms with E-state index >= 15 is 0 Å². The third kappa shape index (κ3) is 4.28. The fraction of sp³-hybridized carbons (Fsp3) is 0.364. The predicted molar refractivity (Wildman–Crippen MR) is 117 cm³/mol. The molecule has 1 aromatic heterocycles. The van der Waals surface area contributed by atoms with Gasteiger partial charge in [0.2, 0.25) is 5.91 Å². The summed E-state index contributed by atoms with van der Waals surface area (Å²) in [6, 6.07) is 12.2. The lowest BCUT2D eigenvalue weighted by molar-refractivity contribution is -0.123. The fourth-order valence-electron chi connectivity index (χ4n) is 3.44. The molecule has 2 aromatic carbocycles. The van der Waals surface area contributed by atoms with Crippen molar-refractivity contribution in [2.75, 3.05) is 0 Å². The smallest absolute Gasteiger partial charge is 0.242 e. The van der Waals surface area contributed by atoms with E-state index in [1.807, 2.05) is 19.9 Å². The molecule has 1 amide bonds. The van der Waals surface area contributed by atoms with Crippen LogP contribution in [0.3, 0.4) is 0 Å². The van der Waals surface area contributed by atoms with E-state index in [1.165, 1.54) is 0 Å². The van der Waals surface area contributed by atoms with Gasteiger partial charge in [0, 0.05) is 27.9 Å². The van der Waals surface area contributed by atoms with Gasteiger partial charge in [0.05, 0.1) is 17.4 Å². The normalized spacial score (nSPS) is 17.1. The lowest BCUT2D eigenvalue weighted by atomic mass is 10.0. The minimum Gasteiger partial charge on any atom is -0.593 e. The Hall–Kier alpha value is -2.24. The summed E-state index contributed by atoms with van der Waals surface area (Å²) in [5.74, 6) is -0.0758. The van der Waals surface area contributed by atoms with Crippen LogP contribution < -0.4 is 10.0 Å². The molecule has 0 aliphatic heterocycles. The topological polar surface area (TPSA) is 101 Å². The number of carbonyl (C=O) groups is 1. The number of rotatable bonds is 7. The molecular formula is C22H22ClN3O3S. The van der Waals surface area contributed by atoms with Crippen molar-refractivity contribution < 1.29 is 13.8 Å². The lowest BCUT2D eigenvalue weighted by Gasteiger charge is -2.22. The number of halogens is 1. The van der Waals surface area contributed by atoms with Crippen LogP contribution in [0.4, 0.5) is 0 Å². The third-order valence-electron chi connectivity index (χ3n) is 5.22. The number of carbonyl (C=O) groups excluding carboxylic acids is 1. The lowest BCUT2D eigenvalue weighted by Crippen LogP contribution is -2.50. The van der Waals surface area contributed by atoms with Crippen molar-refractivity contribution in [3.05, 3.63) is 41.4 Å². The van der Waals surface area contributed by atoms with Crippen LogP contribution in [0, 0.1) is 17.2 Å². The molecule has 0 radical (unpaired) electrons. The van der Waals surface area contributed by atoms with Gasteiger partial charge >= 0.3 is 0 Å². The highest BCUT2D eigenvalue weighted by Crippen LogP contribution is 2.35. The molecule has 156 valence electrons. The molecule has 2 atom stereocenters. The molecule has 1 aliphatic rings. The zero-order valence-electron chi connectivity index (χ0n) is 16.7. The summed E-state index contributed by atoms with van der Waals surface area (Å²) in [5.41, 5.74) is 0.580. The van der Waals surface area contributed by atoms with Gasteiger partial charge in [-0.3, -0.25) is 4.79 Å². The Bertz CT molecular complexity index is 1150. The SMILES string of the molecule is CC(C)C[C@H](N[S+]([O-])c1ccc2oc3cc(Cl)ccc3c2c1)C(=O)NC1(C#N)CC1. The van der Waals surface area contributed by atoms with Crippen LogP contribution in [0.15, 0.2) is 45.7 Å². The number of hydrogen-bond acceptors (Lipinski definition) is 5. The Kier molecular flexibility index (Phi) is 5.69. The van der Waals surface area contributed by atoms with Gasteiger partial charge in [-0.2, -0.15) is 5.26 Å². The van der Waals surface area contributed by atoms with Crippen LogP contribution in [0.1, 0.15) is 33.1 Å². The van der Waals surface area contributed by atoms with Gasteiger partial charge in [0.15, 0.2) is 4.90 Å². The minimum absolute atomic E-state index is 0.215. The van der Waals surface area contributed by atoms with E-state index in [0.29, 0.717) is 40.3 Å². The van der Waals surface area contributed by atoms with Crippen LogP contribution in [0.2, 0.25) is 5.02 Å². The third-order valence-corrected chi connectivity index (χ3v) is 6.63. The zero-order chi connectivity index (χ0) is 21.5. The van der Waals surface area contributed by atoms with E-state index in [0.717, 1.165) is 10.8 Å². The number of nitriles is 1. The van der Waals surface area contributed by atoms with E-state index < -0.39 is 22.9 Å². The second-order valence-corrected chi connectivity index (χ2v) is 9.83. The molecule has 1 fully saturated rings. The number of fused-ring (bicyclic) bond motifs is 3. The minimum atomic E-state index is -1.61. The summed E-state index contributed by atoms with van der Waals surface area (Å²) in [4.78, 5) is 13.3. The monoisotopic (exact) mass is 443 g/mol. The maximum Gasteiger partial charge on any atom is 0.242 e. The Morgan fingerprint density at radius 3 is 2.70 bits per heavy atom. The van der Waals surface area contributed by atoms with Crippen LogP contribution in [-0.2, 0) is 16.2 Å². The van der Waals surface area contributed by atoms with Crippen molar-refractivity contribution in [3.8, 4) is 6.07 Å². The molecule has 0 saturated heterocycles. The van der Waals surface area contributed by atoms with Gasteiger partial charge < -0.3 is 14.3 Å². The second kappa shape index (κ2) is 8.12. The first-order chi connectivity index (χ1) is 14.3. The number of nitrogens with zero attached hydrogens (tertiary/aromatic N) is 1. The maximum atomic E-state index is 13.1. The summed E-state index contributed by atoms with van der Waals surface area (Å²) in [6.45, 7) is 3.99. The number of amides is 1. The van der Waals surface area contributed by atoms with Gasteiger partial charge in [0.25, 0.3) is 0 Å². The molecule has 0 spiro atoms. The number of hydrogen-bond donors (Lipinski definition) is 2. The summed E-state index contributed by atoms with van der Waals surface area (Å²) in [5, 5.41) is 14.4. The van der Waals surface area contributed by atoms with E-state index in [4.69, 9.17) is 16.0 Å². The molecule has 1 heterocycles. The van der Waals surface area contributed by atoms with Crippen molar-refractivity contribution in [1.29, 1.82) is 5.26 Å². The molecule has 8 heteroatoms. The van der Waals surface area contributed by atoms with Crippen molar-refractivity contribution in [2.45, 2.75) is 49.6 Å². The summed E-state index contributed by atoms with van der Waals surface area (Å²) >= 11 is 4.43. The van der Waals surface area contributed by atoms with Crippen LogP contribution in [0.5, 0.6) is 0 Å². The standard InChI is InChI=1S/C22H22ClN3O3S/c1-13(2)9-18(21(27)25-22(12-24)7-8-22)26-30(28)15-4-6-19-17(11-15)16-5-3-14(23)10-20(16)29-19/h3-6,10-11,13,18,26H,7-9H2,1-2H3,(H,25,27)/t18-,30?/m0/s1. The molecule has 1 saturated carbocycles. The van der Waals surface area contributed by atoms with Crippen LogP contribution in [-0.4, -0.2) is 22.0 Å². The van der Waals surface area contributed by atoms with Crippen LogP contribution in [0.25, 0.3) is 21.9 Å². The van der Waals surface area contributed by atoms with Gasteiger partial charge in [-0.1, -0.05) is 25.4 Å². The van der Waals surface area contributed by atoms with Gasteiger partial charge in [-0.25, -0.2) is 0 Å². The second-order valence-electron chi connectivity index (χ2n) is 8.15. The Morgan fingerprint density at radius 2 is 2.03 bits per heavy atom. The Morgan fingerprint density at radius 1 is 1.27 bits per heavy atom. The van der Waals surface area contributed by atoms with Crippen molar-refractivity contribution in [2.24, 2.45) is 5.92 Å². The first kappa shape index (κ1) is 21.0. The van der Waals surface area contributed by atoms with Gasteiger partial charge in [-0.15, -0.1) is 4.72 Å². The quantitative estimate of drug-likeness (QED) is 0.525. The van der Waals surface area contributed by atoms with E-state index in [2.05, 4.69) is 16.1 Å². The molecule has 0 bridgehead atoms. The summed E-state index contributed by atoms with van der Waals surface area (Å²) in [6.07, 6.45) is 1.82. The molecule has 2 N–H and O–H groups in total. The Labute approximate surface area is 182 Å². The maximum absolute atomic E-state index is 13.1. The average Bonchev–Trinajstić information content (AvgIpc) is 3.38. The van der Waals surface area contributed by atoms with Crippen LogP contribution >= 0.6 is 11.6 Å². The largest absolute Gasteiger partial charge is 0.593 e. The van der Waals surface area contributed by atoms with E-state index in [1.54, 1.807) is 30.3 Å². The highest BCUT2D eigenvalue weighted by atomic mass is 35.5. The summed E-state index contributed by atoms with van der Waals surface area (Å²) in [7, 11) is 0. The number of furan rings is 1. The Balaban J connectivity index is 1.57. The van der Waals surface area contributed by atoms with Gasteiger partial charge in [0.1, 0.15) is 22.7 Å². The highest BCUT2D eigenvalue weighted by Gasteiger charge is 2.46. The first-order valence-electron chi connectivity index (χ1n) is 9.83. The molecule has 6 nitrogen and oxygen atoms in total. The highest BCUT2D eigenvalue weighted by molar-refractivity contribution is 7.89. The van der Waals surface area contributed by atoms with E-state index in [-0.39, 0.29) is 11.8 Å². The predicted octanol–water partition coefficient (Wildman–Crippen LogP) is 4.44. The van der Waals surface area contributed by atoms with Crippen molar-refractivity contribution in [1.82, 2.24) is 10.0 Å². The first-order valence-corrected chi connectivity index (χ1v) is 11.4. The molecule has 4 rings (SSSR count). The van der Waals surface area contributed by atoms with E-state index in [9.17, 15) is 14.6 Å². The number of benzene rings is 2. The average molecular weight is 444 g/mol. The van der Waals surface area contributed by atoms with Crippen molar-refractivity contribution >= 4 is 50.8 Å². The number of nitrogens with one attached hydrogen (secondary N) is 2. The molecule has 3 aromatic rings.